The summed E-state index contributed by atoms with van der Waals surface area (Å²) in [6, 6.07) is 11.9. The van der Waals surface area contributed by atoms with Crippen molar-refractivity contribution in [1.82, 2.24) is 28.9 Å². The van der Waals surface area contributed by atoms with Crippen LogP contribution >= 0.6 is 11.6 Å². The van der Waals surface area contributed by atoms with Gasteiger partial charge in [-0.3, -0.25) is 9.78 Å². The molecule has 0 spiro atoms. The van der Waals surface area contributed by atoms with Gasteiger partial charge in [-0.05, 0) is 49.2 Å². The van der Waals surface area contributed by atoms with Gasteiger partial charge in [0.25, 0.3) is 5.56 Å². The predicted molar refractivity (Wildman–Crippen MR) is 142 cm³/mol. The number of pyridine rings is 2. The van der Waals surface area contributed by atoms with E-state index in [0.29, 0.717) is 33.0 Å². The number of aryl methyl sites for hydroxylation is 2. The monoisotopic (exact) mass is 570 g/mol. The van der Waals surface area contributed by atoms with Crippen LogP contribution in [0.2, 0.25) is 5.02 Å². The van der Waals surface area contributed by atoms with Gasteiger partial charge in [0.2, 0.25) is 0 Å². The molecule has 0 saturated carbocycles. The van der Waals surface area contributed by atoms with Crippen LogP contribution in [0.5, 0.6) is 0 Å². The Balaban J connectivity index is 1.86. The van der Waals surface area contributed by atoms with Crippen LogP contribution in [0.4, 0.5) is 13.2 Å². The lowest BCUT2D eigenvalue weighted by Gasteiger charge is -2.17. The van der Waals surface area contributed by atoms with E-state index in [-0.39, 0.29) is 36.6 Å². The van der Waals surface area contributed by atoms with E-state index in [1.165, 1.54) is 23.9 Å². The van der Waals surface area contributed by atoms with Crippen molar-refractivity contribution in [1.29, 1.82) is 0 Å². The van der Waals surface area contributed by atoms with Gasteiger partial charge in [-0.25, -0.2) is 19.1 Å². The van der Waals surface area contributed by atoms with Crippen molar-refractivity contribution in [3.63, 3.8) is 0 Å². The minimum Gasteiger partial charge on any atom is -0.390 e. The number of nitrogens with zero attached hydrogens (tertiary/aromatic N) is 6. The molecule has 0 saturated heterocycles. The molecule has 9 nitrogen and oxygen atoms in total. The SMILES string of the molecule is CCn1nc2c(-c3ccc(Cl)cc3)c(-c3ccc(CO)nc3)c(=O)n(Cc3ccc(C(F)(F)F)nc3C)n2c1=O. The smallest absolute Gasteiger partial charge is 0.390 e. The standard InChI is InChI=1S/C27H22ClF3N6O3/c1-3-35-26(40)37-24(34-35)22(16-4-8-19(28)9-5-16)23(17-6-10-20(14-38)32-12-17)25(39)36(37)13-18-7-11-21(27(29,30)31)33-15(18)2/h4-12,38H,3,13-14H2,1-2H3. The van der Waals surface area contributed by atoms with Crippen LogP contribution in [0.3, 0.4) is 0 Å². The first kappa shape index (κ1) is 27.3. The number of hydrogen-bond acceptors (Lipinski definition) is 6. The van der Waals surface area contributed by atoms with E-state index in [9.17, 15) is 27.9 Å². The quantitative estimate of drug-likeness (QED) is 0.326. The molecular formula is C27H22ClF3N6O3. The Hall–Kier alpha value is -4.29. The molecule has 0 atom stereocenters. The number of rotatable bonds is 6. The number of halogens is 4. The summed E-state index contributed by atoms with van der Waals surface area (Å²) >= 11 is 6.11. The topological polar surface area (TPSA) is 107 Å². The normalized spacial score (nSPS) is 11.9. The van der Waals surface area contributed by atoms with E-state index < -0.39 is 23.1 Å². The zero-order valence-electron chi connectivity index (χ0n) is 21.3. The molecule has 0 bridgehead atoms. The van der Waals surface area contributed by atoms with Gasteiger partial charge in [-0.2, -0.15) is 17.7 Å². The van der Waals surface area contributed by atoms with Crippen molar-refractivity contribution in [3.05, 3.63) is 103 Å². The van der Waals surface area contributed by atoms with E-state index >= 15 is 0 Å². The fourth-order valence-electron chi connectivity index (χ4n) is 4.46. The molecule has 0 amide bonds. The van der Waals surface area contributed by atoms with Gasteiger partial charge in [0.15, 0.2) is 5.65 Å². The molecule has 5 rings (SSSR count). The zero-order chi connectivity index (χ0) is 28.8. The number of fused-ring (bicyclic) bond motifs is 1. The number of alkyl halides is 3. The lowest BCUT2D eigenvalue weighted by atomic mass is 9.97. The minimum atomic E-state index is -4.63. The number of aliphatic hydroxyl groups excluding tert-OH is 1. The first-order valence-corrected chi connectivity index (χ1v) is 12.5. The Morgan fingerprint density at radius 2 is 1.68 bits per heavy atom. The molecule has 5 aromatic rings. The molecule has 0 fully saturated rings. The lowest BCUT2D eigenvalue weighted by Crippen LogP contribution is -2.35. The van der Waals surface area contributed by atoms with Crippen molar-refractivity contribution in [2.75, 3.05) is 0 Å². The molecule has 206 valence electrons. The molecule has 13 heteroatoms. The molecule has 40 heavy (non-hydrogen) atoms. The Kier molecular flexibility index (Phi) is 7.06. The summed E-state index contributed by atoms with van der Waals surface area (Å²) in [5.74, 6) is 0. The largest absolute Gasteiger partial charge is 0.433 e. The molecule has 0 aliphatic carbocycles. The maximum Gasteiger partial charge on any atom is 0.433 e. The third-order valence-electron chi connectivity index (χ3n) is 6.50. The highest BCUT2D eigenvalue weighted by Gasteiger charge is 2.33. The summed E-state index contributed by atoms with van der Waals surface area (Å²) in [6.45, 7) is 2.78. The predicted octanol–water partition coefficient (Wildman–Crippen LogP) is 4.32. The van der Waals surface area contributed by atoms with Crippen LogP contribution < -0.4 is 11.2 Å². The summed E-state index contributed by atoms with van der Waals surface area (Å²) in [5.41, 5.74) is 0.121. The molecule has 1 N–H and O–H groups in total. The third kappa shape index (κ3) is 4.80. The second kappa shape index (κ2) is 10.4. The van der Waals surface area contributed by atoms with Crippen LogP contribution in [0.25, 0.3) is 27.9 Å². The Morgan fingerprint density at radius 1 is 0.975 bits per heavy atom. The highest BCUT2D eigenvalue weighted by Crippen LogP contribution is 2.33. The van der Waals surface area contributed by atoms with Crippen LogP contribution in [0.15, 0.2) is 64.3 Å². The van der Waals surface area contributed by atoms with Gasteiger partial charge >= 0.3 is 11.9 Å². The van der Waals surface area contributed by atoms with Crippen molar-refractivity contribution in [2.24, 2.45) is 0 Å². The molecule has 0 unspecified atom stereocenters. The fraction of sp³-hybridized carbons (Fsp3) is 0.222. The first-order valence-electron chi connectivity index (χ1n) is 12.2. The van der Waals surface area contributed by atoms with E-state index in [0.717, 1.165) is 15.3 Å². The van der Waals surface area contributed by atoms with Gasteiger partial charge in [-0.15, -0.1) is 5.10 Å². The van der Waals surface area contributed by atoms with E-state index in [2.05, 4.69) is 15.1 Å². The second-order valence-electron chi connectivity index (χ2n) is 8.99. The average molecular weight is 571 g/mol. The number of aromatic nitrogens is 6. The van der Waals surface area contributed by atoms with E-state index in [1.54, 1.807) is 43.3 Å². The van der Waals surface area contributed by atoms with Crippen LogP contribution in [0.1, 0.15) is 29.6 Å². The van der Waals surface area contributed by atoms with Crippen LogP contribution in [-0.2, 0) is 25.9 Å². The molecule has 1 aromatic carbocycles. The fourth-order valence-corrected chi connectivity index (χ4v) is 4.59. The molecular weight excluding hydrogens is 549 g/mol. The molecule has 4 aromatic heterocycles. The second-order valence-corrected chi connectivity index (χ2v) is 9.42. The maximum absolute atomic E-state index is 14.3. The van der Waals surface area contributed by atoms with Crippen LogP contribution in [0, 0.1) is 6.92 Å². The van der Waals surface area contributed by atoms with Gasteiger partial charge < -0.3 is 5.11 Å². The Morgan fingerprint density at radius 3 is 2.25 bits per heavy atom. The molecule has 4 heterocycles. The lowest BCUT2D eigenvalue weighted by molar-refractivity contribution is -0.141. The summed E-state index contributed by atoms with van der Waals surface area (Å²) in [4.78, 5) is 35.6. The average Bonchev–Trinajstić information content (AvgIpc) is 3.26. The molecule has 0 radical (unpaired) electrons. The minimum absolute atomic E-state index is 0.0584. The van der Waals surface area contributed by atoms with Gasteiger partial charge in [0.05, 0.1) is 24.4 Å². The van der Waals surface area contributed by atoms with E-state index in [4.69, 9.17) is 11.6 Å². The van der Waals surface area contributed by atoms with Crippen molar-refractivity contribution >= 4 is 17.2 Å². The highest BCUT2D eigenvalue weighted by molar-refractivity contribution is 6.30. The number of hydrogen-bond donors (Lipinski definition) is 1. The van der Waals surface area contributed by atoms with Crippen LogP contribution in [-0.4, -0.2) is 34.1 Å². The number of benzene rings is 1. The first-order chi connectivity index (χ1) is 19.0. The summed E-state index contributed by atoms with van der Waals surface area (Å²) in [5, 5.41) is 14.4. The summed E-state index contributed by atoms with van der Waals surface area (Å²) in [6.07, 6.45) is -3.20. The van der Waals surface area contributed by atoms with Crippen molar-refractivity contribution in [3.8, 4) is 22.3 Å². The maximum atomic E-state index is 14.3. The summed E-state index contributed by atoms with van der Waals surface area (Å²) < 4.78 is 43.1. The molecule has 0 aliphatic heterocycles. The third-order valence-corrected chi connectivity index (χ3v) is 6.75. The van der Waals surface area contributed by atoms with Gasteiger partial charge in [0, 0.05) is 34.6 Å². The highest BCUT2D eigenvalue weighted by atomic mass is 35.5. The van der Waals surface area contributed by atoms with Crippen molar-refractivity contribution < 1.29 is 18.3 Å². The zero-order valence-corrected chi connectivity index (χ0v) is 22.0. The summed E-state index contributed by atoms with van der Waals surface area (Å²) in [7, 11) is 0. The Bertz CT molecular complexity index is 1840. The Labute approximate surface area is 229 Å². The van der Waals surface area contributed by atoms with Gasteiger partial charge in [0.1, 0.15) is 5.69 Å². The number of aliphatic hydroxyl groups is 1. The van der Waals surface area contributed by atoms with E-state index in [1.807, 2.05) is 0 Å². The van der Waals surface area contributed by atoms with Gasteiger partial charge in [-0.1, -0.05) is 35.9 Å². The molecule has 0 aliphatic rings. The van der Waals surface area contributed by atoms with Crippen molar-refractivity contribution in [2.45, 2.75) is 39.7 Å².